The van der Waals surface area contributed by atoms with Crippen molar-refractivity contribution in [2.24, 2.45) is 5.92 Å². The number of sulfonamides is 1. The maximum atomic E-state index is 12.0. The molecule has 1 saturated carbocycles. The lowest BCUT2D eigenvalue weighted by molar-refractivity contribution is -0.125. The molecule has 1 aliphatic rings. The van der Waals surface area contributed by atoms with Crippen molar-refractivity contribution in [2.75, 3.05) is 19.3 Å². The molecule has 0 aliphatic heterocycles. The molecular weight excluding hydrogens is 294 g/mol. The van der Waals surface area contributed by atoms with Crippen LogP contribution in [-0.2, 0) is 19.6 Å². The highest BCUT2D eigenvalue weighted by Crippen LogP contribution is 2.26. The molecule has 0 spiro atoms. The van der Waals surface area contributed by atoms with Crippen LogP contribution in [0.1, 0.15) is 39.5 Å². The van der Waals surface area contributed by atoms with Crippen molar-refractivity contribution >= 4 is 21.6 Å². The number of Topliss-reactive ketones (excluding diaryl/α,β-unsaturated/α-hetero) is 2. The first-order valence-corrected chi connectivity index (χ1v) is 8.76. The van der Waals surface area contributed by atoms with Crippen LogP contribution in [0.5, 0.6) is 0 Å². The van der Waals surface area contributed by atoms with Crippen LogP contribution in [-0.4, -0.2) is 48.7 Å². The van der Waals surface area contributed by atoms with Gasteiger partial charge >= 0.3 is 0 Å². The van der Waals surface area contributed by atoms with Gasteiger partial charge in [-0.15, -0.1) is 0 Å². The van der Waals surface area contributed by atoms with Gasteiger partial charge in [-0.25, -0.2) is 12.7 Å². The maximum Gasteiger partial charge on any atom is 0.213 e. The van der Waals surface area contributed by atoms with Crippen molar-refractivity contribution in [1.82, 2.24) is 4.31 Å². The molecule has 0 amide bonds. The minimum absolute atomic E-state index is 0.0133. The van der Waals surface area contributed by atoms with Crippen LogP contribution in [0.4, 0.5) is 0 Å². The molecule has 0 radical (unpaired) electrons. The second-order valence-electron chi connectivity index (χ2n) is 5.37. The van der Waals surface area contributed by atoms with Gasteiger partial charge in [0.15, 0.2) is 11.6 Å². The number of carbonyl (C=O) groups is 2. The summed E-state index contributed by atoms with van der Waals surface area (Å²) in [6, 6.07) is 0. The lowest BCUT2D eigenvalue weighted by atomic mass is 9.83. The van der Waals surface area contributed by atoms with E-state index in [-0.39, 0.29) is 54.0 Å². The molecule has 120 valence electrons. The standard InChI is InChI=1S/C14H23NO5S/c1-4-6-11(16)14-12(17)7-10(8-13(14)18)9-15(3)21(19,20)5-2/h10,16H,4-9H2,1-3H3. The first-order valence-electron chi connectivity index (χ1n) is 7.15. The third-order valence-corrected chi connectivity index (χ3v) is 5.46. The van der Waals surface area contributed by atoms with E-state index in [1.807, 2.05) is 6.92 Å². The molecule has 7 heteroatoms. The molecule has 1 N–H and O–H groups in total. The minimum atomic E-state index is -3.32. The van der Waals surface area contributed by atoms with E-state index in [1.165, 1.54) is 11.4 Å². The molecule has 0 aromatic carbocycles. The van der Waals surface area contributed by atoms with Gasteiger partial charge in [-0.3, -0.25) is 9.59 Å². The summed E-state index contributed by atoms with van der Waals surface area (Å²) in [6.07, 6.45) is 1.15. The van der Waals surface area contributed by atoms with E-state index in [2.05, 4.69) is 0 Å². The Kier molecular flexibility index (Phi) is 6.10. The number of nitrogens with zero attached hydrogens (tertiary/aromatic N) is 1. The van der Waals surface area contributed by atoms with Crippen molar-refractivity contribution < 1.29 is 23.1 Å². The summed E-state index contributed by atoms with van der Waals surface area (Å²) in [5.74, 6) is -1.25. The van der Waals surface area contributed by atoms with Crippen LogP contribution in [0.2, 0.25) is 0 Å². The highest BCUT2D eigenvalue weighted by atomic mass is 32.2. The first kappa shape index (κ1) is 17.8. The van der Waals surface area contributed by atoms with Gasteiger partial charge in [0, 0.05) is 32.9 Å². The normalized spacial score (nSPS) is 20.2. The summed E-state index contributed by atoms with van der Waals surface area (Å²) in [6.45, 7) is 3.55. The lowest BCUT2D eigenvalue weighted by Crippen LogP contribution is -2.37. The van der Waals surface area contributed by atoms with E-state index in [0.29, 0.717) is 12.8 Å². The van der Waals surface area contributed by atoms with Crippen LogP contribution >= 0.6 is 0 Å². The lowest BCUT2D eigenvalue weighted by Gasteiger charge is -2.26. The number of rotatable bonds is 6. The minimum Gasteiger partial charge on any atom is -0.511 e. The Labute approximate surface area is 125 Å². The third kappa shape index (κ3) is 4.38. The molecule has 0 atom stereocenters. The van der Waals surface area contributed by atoms with Gasteiger partial charge in [0.1, 0.15) is 5.76 Å². The summed E-state index contributed by atoms with van der Waals surface area (Å²) in [5, 5.41) is 9.78. The summed E-state index contributed by atoms with van der Waals surface area (Å²) in [7, 11) is -1.87. The van der Waals surface area contributed by atoms with Crippen molar-refractivity contribution in [3.63, 3.8) is 0 Å². The number of hydrogen-bond donors (Lipinski definition) is 1. The topological polar surface area (TPSA) is 91.8 Å². The molecular formula is C14H23NO5S. The zero-order valence-electron chi connectivity index (χ0n) is 12.8. The maximum absolute atomic E-state index is 12.0. The van der Waals surface area contributed by atoms with E-state index in [0.717, 1.165) is 0 Å². The molecule has 1 rings (SSSR count). The quantitative estimate of drug-likeness (QED) is 0.454. The van der Waals surface area contributed by atoms with Crippen molar-refractivity contribution in [3.05, 3.63) is 11.3 Å². The van der Waals surface area contributed by atoms with Crippen molar-refractivity contribution in [2.45, 2.75) is 39.5 Å². The summed E-state index contributed by atoms with van der Waals surface area (Å²) in [5.41, 5.74) is -0.0888. The van der Waals surface area contributed by atoms with Gasteiger partial charge < -0.3 is 5.11 Å². The fraction of sp³-hybridized carbons (Fsp3) is 0.714. The van der Waals surface area contributed by atoms with Gasteiger partial charge in [0.2, 0.25) is 10.0 Å². The highest BCUT2D eigenvalue weighted by Gasteiger charge is 2.34. The van der Waals surface area contributed by atoms with Crippen molar-refractivity contribution in [3.8, 4) is 0 Å². The molecule has 0 aromatic heterocycles. The molecule has 0 heterocycles. The van der Waals surface area contributed by atoms with Crippen molar-refractivity contribution in [1.29, 1.82) is 0 Å². The average molecular weight is 317 g/mol. The Balaban J connectivity index is 2.82. The predicted octanol–water partition coefficient (Wildman–Crippen LogP) is 1.43. The van der Waals surface area contributed by atoms with E-state index >= 15 is 0 Å². The van der Waals surface area contributed by atoms with Crippen LogP contribution in [0.15, 0.2) is 11.3 Å². The SMILES string of the molecule is CCCC(O)=C1C(=O)CC(CN(C)S(=O)(=O)CC)CC1=O. The van der Waals surface area contributed by atoms with E-state index in [1.54, 1.807) is 6.92 Å². The number of aliphatic hydroxyl groups excluding tert-OH is 1. The molecule has 0 saturated heterocycles. The van der Waals surface area contributed by atoms with Crippen LogP contribution in [0.3, 0.4) is 0 Å². The van der Waals surface area contributed by atoms with Gasteiger partial charge in [0.05, 0.1) is 11.3 Å². The number of carbonyl (C=O) groups excluding carboxylic acids is 2. The fourth-order valence-electron chi connectivity index (χ4n) is 2.47. The molecule has 1 fully saturated rings. The van der Waals surface area contributed by atoms with E-state index < -0.39 is 10.0 Å². The molecule has 1 aliphatic carbocycles. The Hall–Kier alpha value is -1.21. The number of aliphatic hydroxyl groups is 1. The predicted molar refractivity (Wildman–Crippen MR) is 79.4 cm³/mol. The average Bonchev–Trinajstić information content (AvgIpc) is 2.38. The number of ketones is 2. The van der Waals surface area contributed by atoms with E-state index in [9.17, 15) is 23.1 Å². The summed E-state index contributed by atoms with van der Waals surface area (Å²) < 4.78 is 24.6. The number of hydrogen-bond acceptors (Lipinski definition) is 5. The Bertz CT molecular complexity index is 530. The van der Waals surface area contributed by atoms with Gasteiger partial charge in [-0.2, -0.15) is 0 Å². The Morgan fingerprint density at radius 1 is 1.24 bits per heavy atom. The first-order chi connectivity index (χ1) is 9.72. The third-order valence-electron chi connectivity index (χ3n) is 3.64. The summed E-state index contributed by atoms with van der Waals surface area (Å²) in [4.78, 5) is 24.1. The summed E-state index contributed by atoms with van der Waals surface area (Å²) >= 11 is 0. The molecule has 21 heavy (non-hydrogen) atoms. The van der Waals surface area contributed by atoms with Gasteiger partial charge in [0.25, 0.3) is 0 Å². The second kappa shape index (κ2) is 7.17. The zero-order valence-corrected chi connectivity index (χ0v) is 13.6. The molecule has 0 aromatic rings. The largest absolute Gasteiger partial charge is 0.511 e. The smallest absolute Gasteiger partial charge is 0.213 e. The van der Waals surface area contributed by atoms with Crippen LogP contribution < -0.4 is 0 Å². The Morgan fingerprint density at radius 3 is 2.19 bits per heavy atom. The van der Waals surface area contributed by atoms with Crippen LogP contribution in [0, 0.1) is 5.92 Å². The molecule has 0 unspecified atom stereocenters. The fourth-order valence-corrected chi connectivity index (χ4v) is 3.35. The monoisotopic (exact) mass is 317 g/mol. The van der Waals surface area contributed by atoms with Gasteiger partial charge in [-0.05, 0) is 19.3 Å². The zero-order chi connectivity index (χ0) is 16.2. The molecule has 6 nitrogen and oxygen atoms in total. The second-order valence-corrected chi connectivity index (χ2v) is 7.74. The van der Waals surface area contributed by atoms with Crippen LogP contribution in [0.25, 0.3) is 0 Å². The highest BCUT2D eigenvalue weighted by molar-refractivity contribution is 7.89. The van der Waals surface area contributed by atoms with E-state index in [4.69, 9.17) is 0 Å². The number of allylic oxidation sites excluding steroid dienone is 2. The Morgan fingerprint density at radius 2 is 1.76 bits per heavy atom. The molecule has 0 bridgehead atoms. The van der Waals surface area contributed by atoms with Gasteiger partial charge in [-0.1, -0.05) is 6.92 Å².